The Bertz CT molecular complexity index is 3960. The molecule has 506 valence electrons. The van der Waals surface area contributed by atoms with E-state index in [1.807, 2.05) is 47.6 Å². The SMILES string of the molecule is CC(=O)OC1=C(c2c(C)cc(C)c(F)c2C)C(=O)OC12CCCCC2.Cc1cc(C)c(C2=C(O)C(C)(C)OC2=O)c(C)c1Cl.Cc1cc(C)c(C2=C(O)C3(CCCCC3)OC2=O)c(C)c1F.Cc1cc(C)c(C2=C(OC(=O)C(C)(C)C)C3(CCCCC3)OC2=O)c(C)c1F. The normalized spacial score (nSPS) is 19.3. The van der Waals surface area contributed by atoms with Crippen LogP contribution in [0, 0.1) is 106 Å². The smallest absolute Gasteiger partial charge is 0.343 e. The van der Waals surface area contributed by atoms with Gasteiger partial charge in [0.2, 0.25) is 0 Å². The molecule has 3 spiro atoms. The highest BCUT2D eigenvalue weighted by molar-refractivity contribution is 6.33. The van der Waals surface area contributed by atoms with E-state index in [2.05, 4.69) is 0 Å². The standard InChI is InChI=1S/C23H29FO4.C20H23FO4.C18H21FO3.C15H17ClO3/c1-13-12-14(2)18(24)15(3)16(13)17-19(27-21(26)22(4,5)6)23(28-20(17)25)10-8-7-9-11-23;1-11-10-12(2)17(21)13(3)15(11)16-18(24-14(4)22)20(25-19(16)23)8-6-5-7-9-20;1-10-9-11(2)15(19)12(3)13(10)14-16(20)18(22-17(14)21)7-5-4-6-8-18;1-7-6-8(2)12(16)9(3)10(7)11-13(17)15(4,5)19-14(11)18/h12H,7-11H2,1-6H3;10H,5-9H2,1-4H3;9,20H,4-8H2,1-3H3;6,17H,1-5H3. The number of carbonyl (C=O) groups is 6. The lowest BCUT2D eigenvalue weighted by Gasteiger charge is -2.34. The molecule has 3 aliphatic carbocycles. The molecule has 3 saturated carbocycles. The Morgan fingerprint density at radius 2 is 0.734 bits per heavy atom. The van der Waals surface area contributed by atoms with Gasteiger partial charge in [-0.15, -0.1) is 0 Å². The summed E-state index contributed by atoms with van der Waals surface area (Å²) in [5.74, 6) is -3.59. The van der Waals surface area contributed by atoms with Crippen molar-refractivity contribution in [3.8, 4) is 0 Å². The number of aliphatic hydroxyl groups excluding tert-OH is 2. The first kappa shape index (κ1) is 72.2. The number of hydrogen-bond acceptors (Lipinski definition) is 14. The fourth-order valence-electron chi connectivity index (χ4n) is 14.6. The summed E-state index contributed by atoms with van der Waals surface area (Å²) >= 11 is 6.24. The van der Waals surface area contributed by atoms with Crippen LogP contribution in [0.1, 0.15) is 227 Å². The molecule has 2 N–H and O–H groups in total. The molecule has 0 bridgehead atoms. The van der Waals surface area contributed by atoms with Crippen LogP contribution in [0.4, 0.5) is 13.2 Å². The molecule has 4 heterocycles. The van der Waals surface area contributed by atoms with Crippen LogP contribution in [-0.2, 0) is 57.2 Å². The zero-order valence-corrected chi connectivity index (χ0v) is 58.5. The number of aliphatic hydroxyl groups is 2. The minimum Gasteiger partial charge on any atom is -0.507 e. The van der Waals surface area contributed by atoms with E-state index < -0.39 is 63.6 Å². The summed E-state index contributed by atoms with van der Waals surface area (Å²) in [6.45, 7) is 31.1. The molecule has 4 aromatic rings. The molecular formula is C76H90ClF3O14. The summed E-state index contributed by atoms with van der Waals surface area (Å²) < 4.78 is 77.1. The van der Waals surface area contributed by atoms with Crippen LogP contribution in [0.25, 0.3) is 22.3 Å². The fraction of sp³-hybridized carbons (Fsp3) is 0.500. The highest BCUT2D eigenvalue weighted by Crippen LogP contribution is 2.52. The quantitative estimate of drug-likeness (QED) is 0.136. The minimum absolute atomic E-state index is 0.00773. The number of hydrogen-bond donors (Lipinski definition) is 2. The van der Waals surface area contributed by atoms with Crippen molar-refractivity contribution in [2.75, 3.05) is 0 Å². The van der Waals surface area contributed by atoms with Crippen molar-refractivity contribution in [3.05, 3.63) is 159 Å². The predicted molar refractivity (Wildman–Crippen MR) is 354 cm³/mol. The number of benzene rings is 4. The van der Waals surface area contributed by atoms with Crippen molar-refractivity contribution in [2.45, 2.75) is 243 Å². The van der Waals surface area contributed by atoms with E-state index in [0.717, 1.165) is 91.2 Å². The molecule has 94 heavy (non-hydrogen) atoms. The fourth-order valence-corrected chi connectivity index (χ4v) is 14.8. The highest BCUT2D eigenvalue weighted by Gasteiger charge is 2.54. The van der Waals surface area contributed by atoms with Gasteiger partial charge in [-0.05, 0) is 267 Å². The first-order valence-corrected chi connectivity index (χ1v) is 32.9. The molecule has 14 nitrogen and oxygen atoms in total. The van der Waals surface area contributed by atoms with Crippen LogP contribution in [-0.4, -0.2) is 68.4 Å². The maximum absolute atomic E-state index is 14.7. The molecule has 7 aliphatic rings. The molecule has 0 unspecified atom stereocenters. The van der Waals surface area contributed by atoms with Crippen LogP contribution in [0.15, 0.2) is 47.3 Å². The molecule has 4 aromatic carbocycles. The third-order valence-electron chi connectivity index (χ3n) is 19.3. The summed E-state index contributed by atoms with van der Waals surface area (Å²) in [5, 5.41) is 21.6. The second kappa shape index (κ2) is 27.2. The second-order valence-corrected chi connectivity index (χ2v) is 28.5. The molecule has 0 atom stereocenters. The zero-order chi connectivity index (χ0) is 69.8. The van der Waals surface area contributed by atoms with E-state index in [1.165, 1.54) is 6.92 Å². The van der Waals surface area contributed by atoms with E-state index in [4.69, 9.17) is 40.0 Å². The Balaban J connectivity index is 0.000000162. The molecule has 3 fully saturated rings. The monoisotopic (exact) mass is 1320 g/mol. The Morgan fingerprint density at radius 3 is 1.09 bits per heavy atom. The molecule has 0 aromatic heterocycles. The topological polar surface area (TPSA) is 198 Å². The van der Waals surface area contributed by atoms with Gasteiger partial charge in [-0.1, -0.05) is 55.1 Å². The number of halogens is 4. The number of cyclic esters (lactones) is 1. The highest BCUT2D eigenvalue weighted by atomic mass is 35.5. The maximum Gasteiger partial charge on any atom is 0.343 e. The van der Waals surface area contributed by atoms with Gasteiger partial charge in [0, 0.05) is 28.6 Å². The number of aryl methyl sites for hydroxylation is 8. The van der Waals surface area contributed by atoms with Gasteiger partial charge < -0.3 is 38.6 Å². The van der Waals surface area contributed by atoms with Crippen LogP contribution >= 0.6 is 11.6 Å². The van der Waals surface area contributed by atoms with Gasteiger partial charge in [0.1, 0.15) is 39.7 Å². The number of esters is 6. The maximum atomic E-state index is 14.7. The molecule has 0 amide bonds. The average Bonchev–Trinajstić information content (AvgIpc) is 1.59. The van der Waals surface area contributed by atoms with E-state index in [9.17, 15) is 52.2 Å². The van der Waals surface area contributed by atoms with Crippen molar-refractivity contribution in [1.82, 2.24) is 0 Å². The van der Waals surface area contributed by atoms with Gasteiger partial charge in [0.25, 0.3) is 0 Å². The Kier molecular flexibility index (Phi) is 20.9. The van der Waals surface area contributed by atoms with Crippen LogP contribution in [0.3, 0.4) is 0 Å². The number of ether oxygens (including phenoxy) is 6. The Morgan fingerprint density at radius 1 is 0.436 bits per heavy atom. The lowest BCUT2D eigenvalue weighted by molar-refractivity contribution is -0.159. The summed E-state index contributed by atoms with van der Waals surface area (Å²) in [4.78, 5) is 74.6. The third-order valence-corrected chi connectivity index (χ3v) is 19.9. The largest absolute Gasteiger partial charge is 0.507 e. The minimum atomic E-state index is -0.983. The van der Waals surface area contributed by atoms with Crippen molar-refractivity contribution in [2.24, 2.45) is 5.41 Å². The third kappa shape index (κ3) is 13.5. The Labute approximate surface area is 555 Å². The van der Waals surface area contributed by atoms with Gasteiger partial charge >= 0.3 is 35.8 Å². The lowest BCUT2D eigenvalue weighted by atomic mass is 9.81. The average molecular weight is 1320 g/mol. The van der Waals surface area contributed by atoms with Gasteiger partial charge in [-0.3, -0.25) is 9.59 Å². The summed E-state index contributed by atoms with van der Waals surface area (Å²) in [5.41, 5.74) is 6.13. The van der Waals surface area contributed by atoms with Gasteiger partial charge in [-0.25, -0.2) is 32.3 Å². The van der Waals surface area contributed by atoms with Crippen molar-refractivity contribution in [3.63, 3.8) is 0 Å². The molecule has 11 rings (SSSR count). The number of carbonyl (C=O) groups excluding carboxylic acids is 6. The van der Waals surface area contributed by atoms with Crippen molar-refractivity contribution < 1.29 is 80.6 Å². The lowest BCUT2D eigenvalue weighted by Crippen LogP contribution is -2.37. The van der Waals surface area contributed by atoms with Gasteiger partial charge in [0.05, 0.1) is 5.41 Å². The van der Waals surface area contributed by atoms with Crippen LogP contribution in [0.5, 0.6) is 0 Å². The second-order valence-electron chi connectivity index (χ2n) is 28.1. The number of rotatable bonds is 6. The van der Waals surface area contributed by atoms with Crippen LogP contribution in [0.2, 0.25) is 5.02 Å². The van der Waals surface area contributed by atoms with E-state index in [1.54, 1.807) is 94.4 Å². The van der Waals surface area contributed by atoms with Gasteiger partial charge in [-0.2, -0.15) is 0 Å². The Hall–Kier alpha value is -7.66. The molecule has 0 saturated heterocycles. The van der Waals surface area contributed by atoms with E-state index in [0.29, 0.717) is 99.2 Å². The van der Waals surface area contributed by atoms with Crippen molar-refractivity contribution >= 4 is 69.7 Å². The summed E-state index contributed by atoms with van der Waals surface area (Å²) in [6.07, 6.45) is 12.3. The molecule has 0 radical (unpaired) electrons. The molecule has 18 heteroatoms. The summed E-state index contributed by atoms with van der Waals surface area (Å²) in [7, 11) is 0. The van der Waals surface area contributed by atoms with E-state index >= 15 is 0 Å². The van der Waals surface area contributed by atoms with Crippen molar-refractivity contribution in [1.29, 1.82) is 0 Å². The van der Waals surface area contributed by atoms with Crippen LogP contribution < -0.4 is 0 Å². The summed E-state index contributed by atoms with van der Waals surface area (Å²) in [6, 6.07) is 7.03. The zero-order valence-electron chi connectivity index (χ0n) is 57.7. The predicted octanol–water partition coefficient (Wildman–Crippen LogP) is 17.7. The van der Waals surface area contributed by atoms with E-state index in [-0.39, 0.29) is 62.8 Å². The van der Waals surface area contributed by atoms with Gasteiger partial charge in [0.15, 0.2) is 45.4 Å². The molecular weight excluding hydrogens is 1230 g/mol. The first-order chi connectivity index (χ1) is 43.8. The molecule has 4 aliphatic heterocycles. The first-order valence-electron chi connectivity index (χ1n) is 32.6.